The average molecular weight is 548 g/mol. The molecule has 1 aromatic carbocycles. The van der Waals surface area contributed by atoms with Crippen LogP contribution < -0.4 is 10.2 Å². The molecule has 0 unspecified atom stereocenters. The molecular weight excluding hydrogens is 519 g/mol. The van der Waals surface area contributed by atoms with Gasteiger partial charge < -0.3 is 14.8 Å². The molecule has 206 valence electrons. The fourth-order valence-electron chi connectivity index (χ4n) is 4.91. The summed E-state index contributed by atoms with van der Waals surface area (Å²) >= 11 is 0. The first kappa shape index (κ1) is 25.8. The first-order valence-electron chi connectivity index (χ1n) is 13.2. The number of nitrogens with zero attached hydrogens (tertiary/aromatic N) is 8. The minimum Gasteiger partial charge on any atom is -0.363 e. The predicted octanol–water partition coefficient (Wildman–Crippen LogP) is 5.86. The van der Waals surface area contributed by atoms with E-state index in [-0.39, 0.29) is 11.9 Å². The number of alkyl halides is 3. The van der Waals surface area contributed by atoms with Gasteiger partial charge in [-0.3, -0.25) is 0 Å². The Kier molecular flexibility index (Phi) is 6.60. The van der Waals surface area contributed by atoms with Crippen molar-refractivity contribution in [2.24, 2.45) is 0 Å². The second kappa shape index (κ2) is 10.2. The molecule has 6 rings (SSSR count). The van der Waals surface area contributed by atoms with E-state index in [0.717, 1.165) is 49.1 Å². The molecule has 40 heavy (non-hydrogen) atoms. The number of nitrogens with one attached hydrogen (secondary N) is 1. The lowest BCUT2D eigenvalue weighted by molar-refractivity contribution is -0.140. The van der Waals surface area contributed by atoms with Crippen LogP contribution in [-0.4, -0.2) is 47.2 Å². The van der Waals surface area contributed by atoms with E-state index in [2.05, 4.69) is 30.3 Å². The van der Waals surface area contributed by atoms with E-state index in [9.17, 15) is 13.2 Å². The Balaban J connectivity index is 1.26. The van der Waals surface area contributed by atoms with Crippen molar-refractivity contribution in [3.05, 3.63) is 72.4 Å². The molecule has 0 atom stereocenters. The summed E-state index contributed by atoms with van der Waals surface area (Å²) in [6, 6.07) is 11.0. The van der Waals surface area contributed by atoms with Gasteiger partial charge in [0.2, 0.25) is 0 Å². The summed E-state index contributed by atoms with van der Waals surface area (Å²) in [6.45, 7) is 5.99. The van der Waals surface area contributed by atoms with E-state index in [4.69, 9.17) is 4.98 Å². The van der Waals surface area contributed by atoms with Gasteiger partial charge in [-0.05, 0) is 44.4 Å². The second-order valence-electron chi connectivity index (χ2n) is 10.0. The van der Waals surface area contributed by atoms with E-state index in [1.807, 2.05) is 38.1 Å². The molecule has 0 aliphatic carbocycles. The van der Waals surface area contributed by atoms with Gasteiger partial charge in [-0.1, -0.05) is 24.3 Å². The van der Waals surface area contributed by atoms with Gasteiger partial charge in [0, 0.05) is 56.0 Å². The zero-order chi connectivity index (χ0) is 27.9. The number of hydrogen-bond donors (Lipinski definition) is 1. The predicted molar refractivity (Wildman–Crippen MR) is 146 cm³/mol. The van der Waals surface area contributed by atoms with Crippen LogP contribution in [0.3, 0.4) is 0 Å². The van der Waals surface area contributed by atoms with Gasteiger partial charge in [-0.15, -0.1) is 5.10 Å². The summed E-state index contributed by atoms with van der Waals surface area (Å²) in [6.07, 6.45) is 4.06. The van der Waals surface area contributed by atoms with Crippen LogP contribution in [0.4, 0.5) is 24.8 Å². The molecule has 0 saturated carbocycles. The molecule has 0 amide bonds. The number of aromatic nitrogens is 7. The van der Waals surface area contributed by atoms with Crippen molar-refractivity contribution < 1.29 is 13.2 Å². The minimum absolute atomic E-state index is 0.172. The lowest BCUT2D eigenvalue weighted by Crippen LogP contribution is -2.20. The Bertz CT molecular complexity index is 1630. The number of imidazole rings is 2. The molecule has 0 spiro atoms. The van der Waals surface area contributed by atoms with Crippen molar-refractivity contribution in [2.75, 3.05) is 23.3 Å². The highest BCUT2D eigenvalue weighted by Crippen LogP contribution is 2.33. The Morgan fingerprint density at radius 2 is 1.75 bits per heavy atom. The highest BCUT2D eigenvalue weighted by molar-refractivity contribution is 5.74. The largest absolute Gasteiger partial charge is 0.434 e. The quantitative estimate of drug-likeness (QED) is 0.273. The number of benzene rings is 1. The van der Waals surface area contributed by atoms with E-state index < -0.39 is 11.9 Å². The highest BCUT2D eigenvalue weighted by Gasteiger charge is 2.35. The molecule has 4 aromatic heterocycles. The van der Waals surface area contributed by atoms with Crippen LogP contribution in [0.5, 0.6) is 0 Å². The number of pyridine rings is 1. The van der Waals surface area contributed by atoms with Crippen LogP contribution in [0.1, 0.15) is 44.0 Å². The van der Waals surface area contributed by atoms with E-state index in [0.29, 0.717) is 29.4 Å². The standard InChI is InChI=1S/C28H28F3N9/c1-18(2)39-17-22(28(29,30)31)35-25(39)20-9-7-19(8-10-20)16-34-24-27-33-12-15-40(27)37-23(36-24)21-6-5-11-32-26(21)38-13-3-4-14-38/h5-12,15,17-18H,3-4,13-14,16H2,1-2H3,(H,34,36,37). The number of anilines is 2. The number of fused-ring (bicyclic) bond motifs is 1. The zero-order valence-corrected chi connectivity index (χ0v) is 22.1. The van der Waals surface area contributed by atoms with Gasteiger partial charge in [0.05, 0.1) is 5.56 Å². The number of hydrogen-bond acceptors (Lipinski definition) is 7. The number of rotatable bonds is 7. The van der Waals surface area contributed by atoms with E-state index >= 15 is 0 Å². The van der Waals surface area contributed by atoms with Crippen LogP contribution in [0.25, 0.3) is 28.4 Å². The minimum atomic E-state index is -4.50. The van der Waals surface area contributed by atoms with Crippen LogP contribution in [0, 0.1) is 0 Å². The van der Waals surface area contributed by atoms with Gasteiger partial charge >= 0.3 is 6.18 Å². The molecule has 1 aliphatic heterocycles. The Morgan fingerprint density at radius 3 is 2.48 bits per heavy atom. The van der Waals surface area contributed by atoms with Crippen LogP contribution in [-0.2, 0) is 12.7 Å². The monoisotopic (exact) mass is 547 g/mol. The fraction of sp³-hybridized carbons (Fsp3) is 0.321. The summed E-state index contributed by atoms with van der Waals surface area (Å²) in [5, 5.41) is 8.05. The third-order valence-electron chi connectivity index (χ3n) is 6.94. The van der Waals surface area contributed by atoms with Crippen LogP contribution in [0.15, 0.2) is 61.2 Å². The molecule has 1 fully saturated rings. The van der Waals surface area contributed by atoms with E-state index in [1.165, 1.54) is 0 Å². The first-order valence-corrected chi connectivity index (χ1v) is 13.2. The summed E-state index contributed by atoms with van der Waals surface area (Å²) < 4.78 is 43.1. The van der Waals surface area contributed by atoms with Crippen molar-refractivity contribution in [3.8, 4) is 22.8 Å². The number of halogens is 3. The Labute approximate surface area is 228 Å². The fourth-order valence-corrected chi connectivity index (χ4v) is 4.91. The maximum Gasteiger partial charge on any atom is 0.434 e. The van der Waals surface area contributed by atoms with Gasteiger partial charge in [-0.2, -0.15) is 13.2 Å². The zero-order valence-electron chi connectivity index (χ0n) is 22.1. The molecule has 12 heteroatoms. The first-order chi connectivity index (χ1) is 19.3. The lowest BCUT2D eigenvalue weighted by atomic mass is 10.1. The molecule has 1 N–H and O–H groups in total. The maximum absolute atomic E-state index is 13.3. The molecule has 1 aliphatic rings. The SMILES string of the molecule is CC(C)n1cc(C(F)(F)F)nc1-c1ccc(CNc2nc(-c3cccnc3N3CCCC3)nn3ccnc23)cc1. The third-order valence-corrected chi connectivity index (χ3v) is 6.94. The third kappa shape index (κ3) is 4.96. The van der Waals surface area contributed by atoms with Gasteiger partial charge in [0.25, 0.3) is 0 Å². The van der Waals surface area contributed by atoms with Gasteiger partial charge in [0.1, 0.15) is 11.6 Å². The molecule has 1 saturated heterocycles. The molecule has 5 aromatic rings. The van der Waals surface area contributed by atoms with Crippen molar-refractivity contribution in [2.45, 2.75) is 45.5 Å². The summed E-state index contributed by atoms with van der Waals surface area (Å²) in [4.78, 5) is 20.0. The lowest BCUT2D eigenvalue weighted by Gasteiger charge is -2.19. The molecule has 9 nitrogen and oxygen atoms in total. The van der Waals surface area contributed by atoms with Crippen molar-refractivity contribution in [1.29, 1.82) is 0 Å². The molecule has 0 bridgehead atoms. The summed E-state index contributed by atoms with van der Waals surface area (Å²) in [5.41, 5.74) is 2.08. The maximum atomic E-state index is 13.3. The van der Waals surface area contributed by atoms with Crippen molar-refractivity contribution >= 4 is 17.3 Å². The van der Waals surface area contributed by atoms with Gasteiger partial charge in [-0.25, -0.2) is 24.5 Å². The molecular formula is C28H28F3N9. The molecule has 0 radical (unpaired) electrons. The second-order valence-corrected chi connectivity index (χ2v) is 10.0. The summed E-state index contributed by atoms with van der Waals surface area (Å²) in [7, 11) is 0. The van der Waals surface area contributed by atoms with Crippen molar-refractivity contribution in [3.63, 3.8) is 0 Å². The topological polar surface area (TPSA) is 89.1 Å². The van der Waals surface area contributed by atoms with Gasteiger partial charge in [0.15, 0.2) is 23.0 Å². The van der Waals surface area contributed by atoms with Crippen molar-refractivity contribution in [1.82, 2.24) is 34.1 Å². The normalized spacial score (nSPS) is 14.0. The smallest absolute Gasteiger partial charge is 0.363 e. The summed E-state index contributed by atoms with van der Waals surface area (Å²) in [5.74, 6) is 2.26. The average Bonchev–Trinajstić information content (AvgIpc) is 3.72. The molecule has 5 heterocycles. The van der Waals surface area contributed by atoms with Crippen LogP contribution in [0.2, 0.25) is 0 Å². The highest BCUT2D eigenvalue weighted by atomic mass is 19.4. The van der Waals surface area contributed by atoms with Crippen LogP contribution >= 0.6 is 0 Å². The van der Waals surface area contributed by atoms with E-state index in [1.54, 1.807) is 39.8 Å². The Hall–Kier alpha value is -4.48. The Morgan fingerprint density at radius 1 is 0.975 bits per heavy atom.